The van der Waals surface area contributed by atoms with Crippen molar-refractivity contribution in [1.82, 2.24) is 35.1 Å². The largest absolute Gasteiger partial charge is 0.368 e. The lowest BCUT2D eigenvalue weighted by molar-refractivity contribution is -0.158. The fourth-order valence-corrected chi connectivity index (χ4v) is 8.19. The molecule has 1 aromatic rings. The van der Waals surface area contributed by atoms with Gasteiger partial charge in [0.1, 0.15) is 36.3 Å². The lowest BCUT2D eigenvalue weighted by Crippen LogP contribution is -2.63. The Morgan fingerprint density at radius 1 is 0.483 bits per heavy atom. The maximum atomic E-state index is 14.7. The van der Waals surface area contributed by atoms with Gasteiger partial charge in [-0.1, -0.05) is 113 Å². The minimum Gasteiger partial charge on any atom is -0.368 e. The average molecular weight is 843 g/mol. The smallest absolute Gasteiger partial charge is 0.246 e. The fraction of sp³-hybridized carbons (Fsp3) is 0.711. The van der Waals surface area contributed by atoms with E-state index >= 15 is 0 Å². The third-order valence-electron chi connectivity index (χ3n) is 11.5. The Balaban J connectivity index is 3.63. The first kappa shape index (κ1) is 53.5. The SMILES string of the molecule is CN[C@H](C(=O)N[C@H](C(=O)N(C)[C@H](C(=O)N(C)[C@H](C(=O)N(C)[C@H](C(=O)N(C)[C@@H](Cc1ccccc1)C(=O)N(C)[C@H](C(N)=O)C(C)C)C(C)C)C(C)C)C(C)C)C(C)C)C(C)C. The number of nitrogens with zero attached hydrogens (tertiary/aromatic N) is 5. The van der Waals surface area contributed by atoms with Gasteiger partial charge in [-0.2, -0.15) is 0 Å². The first-order valence-electron chi connectivity index (χ1n) is 21.3. The van der Waals surface area contributed by atoms with Gasteiger partial charge in [0.2, 0.25) is 41.4 Å². The average Bonchev–Trinajstić information content (AvgIpc) is 3.14. The number of rotatable bonds is 22. The van der Waals surface area contributed by atoms with Crippen molar-refractivity contribution in [2.75, 3.05) is 42.3 Å². The molecular weight excluding hydrogens is 765 g/mol. The molecule has 0 saturated carbocycles. The molecule has 0 spiro atoms. The van der Waals surface area contributed by atoms with Crippen molar-refractivity contribution in [2.24, 2.45) is 41.2 Å². The molecule has 0 unspecified atom stereocenters. The highest BCUT2D eigenvalue weighted by Gasteiger charge is 2.44. The summed E-state index contributed by atoms with van der Waals surface area (Å²) >= 11 is 0. The van der Waals surface area contributed by atoms with Crippen molar-refractivity contribution in [3.8, 4) is 0 Å². The summed E-state index contributed by atoms with van der Waals surface area (Å²) < 4.78 is 0. The van der Waals surface area contributed by atoms with E-state index in [9.17, 15) is 33.6 Å². The number of carbonyl (C=O) groups is 7. The van der Waals surface area contributed by atoms with Crippen LogP contribution in [0.3, 0.4) is 0 Å². The van der Waals surface area contributed by atoms with Crippen molar-refractivity contribution in [3.05, 3.63) is 35.9 Å². The Hall–Kier alpha value is -4.53. The Morgan fingerprint density at radius 2 is 0.833 bits per heavy atom. The molecule has 0 aliphatic heterocycles. The summed E-state index contributed by atoms with van der Waals surface area (Å²) in [5.74, 6) is -5.18. The molecule has 0 radical (unpaired) electrons. The molecule has 0 aromatic heterocycles. The van der Waals surface area contributed by atoms with Crippen molar-refractivity contribution in [3.63, 3.8) is 0 Å². The lowest BCUT2D eigenvalue weighted by atomic mass is 9.93. The Bertz CT molecular complexity index is 1620. The van der Waals surface area contributed by atoms with Crippen LogP contribution < -0.4 is 16.4 Å². The standard InChI is InChI=1S/C45H78N8O7/c1-25(2)33(47-13)40(55)48-34(26(3)4)42(57)51(16)37(29(9)10)44(59)53(18)38(30(11)12)45(60)52(17)36(28(7)8)43(58)49(14)32(24-31-22-20-19-21-23-31)41(56)50(15)35(27(5)6)39(46)54/h19-23,25-30,32-38,47H,24H2,1-18H3,(H2,46,54)(H,48,55)/t32-,33-,34-,35-,36-,37-,38-/m0/s1. The Labute approximate surface area is 360 Å². The summed E-state index contributed by atoms with van der Waals surface area (Å²) in [6.45, 7) is 21.9. The van der Waals surface area contributed by atoms with Crippen LogP contribution in [0, 0.1) is 35.5 Å². The van der Waals surface area contributed by atoms with Crippen molar-refractivity contribution < 1.29 is 33.6 Å². The number of nitrogens with two attached hydrogens (primary N) is 1. The number of likely N-dealkylation sites (N-methyl/N-ethyl adjacent to an activating group) is 6. The molecule has 1 aromatic carbocycles. The molecule has 60 heavy (non-hydrogen) atoms. The van der Waals surface area contributed by atoms with Crippen LogP contribution in [-0.2, 0) is 40.0 Å². The molecule has 0 aliphatic rings. The number of hydrogen-bond acceptors (Lipinski definition) is 8. The van der Waals surface area contributed by atoms with Gasteiger partial charge in [0.15, 0.2) is 0 Å². The molecule has 0 aliphatic carbocycles. The van der Waals surface area contributed by atoms with Crippen molar-refractivity contribution in [1.29, 1.82) is 0 Å². The summed E-state index contributed by atoms with van der Waals surface area (Å²) in [5, 5.41) is 5.90. The number of carbonyl (C=O) groups excluding carboxylic acids is 7. The summed E-state index contributed by atoms with van der Waals surface area (Å²) in [6, 6.07) is 2.74. The topological polar surface area (TPSA) is 186 Å². The molecule has 1 rings (SSSR count). The van der Waals surface area contributed by atoms with E-state index in [0.717, 1.165) is 5.56 Å². The van der Waals surface area contributed by atoms with Crippen LogP contribution in [0.2, 0.25) is 0 Å². The van der Waals surface area contributed by atoms with Gasteiger partial charge in [0.25, 0.3) is 0 Å². The van der Waals surface area contributed by atoms with Gasteiger partial charge >= 0.3 is 0 Å². The second kappa shape index (κ2) is 23.5. The molecule has 15 nitrogen and oxygen atoms in total. The van der Waals surface area contributed by atoms with Gasteiger partial charge in [-0.05, 0) is 48.1 Å². The highest BCUT2D eigenvalue weighted by atomic mass is 16.2. The van der Waals surface area contributed by atoms with Gasteiger partial charge < -0.3 is 40.9 Å². The van der Waals surface area contributed by atoms with Crippen LogP contribution in [0.25, 0.3) is 0 Å². The van der Waals surface area contributed by atoms with E-state index in [1.54, 1.807) is 34.7 Å². The Morgan fingerprint density at radius 3 is 1.17 bits per heavy atom. The summed E-state index contributed by atoms with van der Waals surface area (Å²) in [4.78, 5) is 105. The minimum absolute atomic E-state index is 0.0328. The van der Waals surface area contributed by atoms with E-state index in [2.05, 4.69) is 10.6 Å². The zero-order valence-corrected chi connectivity index (χ0v) is 39.8. The molecule has 4 N–H and O–H groups in total. The normalized spacial score (nSPS) is 15.3. The van der Waals surface area contributed by atoms with Crippen LogP contribution in [0.15, 0.2) is 30.3 Å². The van der Waals surface area contributed by atoms with Gasteiger partial charge in [-0.15, -0.1) is 0 Å². The maximum absolute atomic E-state index is 14.7. The van der Waals surface area contributed by atoms with Crippen LogP contribution in [0.1, 0.15) is 88.6 Å². The zero-order valence-electron chi connectivity index (χ0n) is 39.8. The first-order valence-corrected chi connectivity index (χ1v) is 21.3. The van der Waals surface area contributed by atoms with Gasteiger partial charge in [-0.3, -0.25) is 33.6 Å². The van der Waals surface area contributed by atoms with Crippen LogP contribution in [0.4, 0.5) is 0 Å². The quantitative estimate of drug-likeness (QED) is 0.159. The molecule has 7 amide bonds. The van der Waals surface area contributed by atoms with Gasteiger partial charge in [0, 0.05) is 41.7 Å². The fourth-order valence-electron chi connectivity index (χ4n) is 8.19. The summed E-state index contributed by atoms with van der Waals surface area (Å²) in [6.07, 6.45) is 0.141. The molecule has 340 valence electrons. The predicted molar refractivity (Wildman–Crippen MR) is 236 cm³/mol. The van der Waals surface area contributed by atoms with E-state index in [-0.39, 0.29) is 36.0 Å². The Kier molecular flexibility index (Phi) is 20.9. The molecule has 15 heteroatoms. The molecule has 0 fully saturated rings. The monoisotopic (exact) mass is 843 g/mol. The zero-order chi connectivity index (χ0) is 46.7. The molecule has 0 bridgehead atoms. The van der Waals surface area contributed by atoms with Gasteiger partial charge in [0.05, 0.1) is 6.04 Å². The summed E-state index contributed by atoms with van der Waals surface area (Å²) in [7, 11) is 9.30. The van der Waals surface area contributed by atoms with Gasteiger partial charge in [-0.25, -0.2) is 0 Å². The lowest BCUT2D eigenvalue weighted by Gasteiger charge is -2.42. The summed E-state index contributed by atoms with van der Waals surface area (Å²) in [5.41, 5.74) is 6.52. The second-order valence-electron chi connectivity index (χ2n) is 18.3. The van der Waals surface area contributed by atoms with E-state index in [0.29, 0.717) is 0 Å². The molecule has 0 saturated heterocycles. The minimum atomic E-state index is -1.05. The van der Waals surface area contributed by atoms with E-state index in [1.165, 1.54) is 59.7 Å². The maximum Gasteiger partial charge on any atom is 0.246 e. The van der Waals surface area contributed by atoms with Crippen LogP contribution >= 0.6 is 0 Å². The number of hydrogen-bond donors (Lipinski definition) is 3. The third-order valence-corrected chi connectivity index (χ3v) is 11.5. The number of nitrogens with one attached hydrogen (secondary N) is 2. The third kappa shape index (κ3) is 13.2. The molecular formula is C45H78N8O7. The van der Waals surface area contributed by atoms with E-state index < -0.39 is 89.6 Å². The van der Waals surface area contributed by atoms with E-state index in [1.807, 2.05) is 85.7 Å². The first-order chi connectivity index (χ1) is 27.7. The van der Waals surface area contributed by atoms with Crippen LogP contribution in [0.5, 0.6) is 0 Å². The number of amides is 7. The predicted octanol–water partition coefficient (Wildman–Crippen LogP) is 2.86. The van der Waals surface area contributed by atoms with Crippen molar-refractivity contribution >= 4 is 41.4 Å². The number of primary amides is 1. The molecule has 7 atom stereocenters. The van der Waals surface area contributed by atoms with Crippen molar-refractivity contribution in [2.45, 2.75) is 132 Å². The second-order valence-corrected chi connectivity index (χ2v) is 18.3. The van der Waals surface area contributed by atoms with Crippen LogP contribution in [-0.4, -0.2) is 150 Å². The molecule has 0 heterocycles. The highest BCUT2D eigenvalue weighted by molar-refractivity contribution is 5.97. The van der Waals surface area contributed by atoms with E-state index in [4.69, 9.17) is 5.73 Å². The highest BCUT2D eigenvalue weighted by Crippen LogP contribution is 2.24. The number of benzene rings is 1.